The van der Waals surface area contributed by atoms with Crippen molar-refractivity contribution < 1.29 is 28.6 Å². The zero-order valence-corrected chi connectivity index (χ0v) is 19.5. The van der Waals surface area contributed by atoms with Gasteiger partial charge in [-0.25, -0.2) is 4.39 Å². The molecular weight excluding hydrogens is 451 g/mol. The molecule has 0 radical (unpaired) electrons. The lowest BCUT2D eigenvalue weighted by atomic mass is 9.95. The van der Waals surface area contributed by atoms with Gasteiger partial charge < -0.3 is 19.5 Å². The highest BCUT2D eigenvalue weighted by Crippen LogP contribution is 2.40. The average Bonchev–Trinajstić information content (AvgIpc) is 3.13. The fourth-order valence-electron chi connectivity index (χ4n) is 4.44. The van der Waals surface area contributed by atoms with Crippen molar-refractivity contribution >= 4 is 17.4 Å². The van der Waals surface area contributed by atoms with E-state index in [9.17, 15) is 19.1 Å². The monoisotopic (exact) mass is 480 g/mol. The van der Waals surface area contributed by atoms with E-state index in [0.29, 0.717) is 44.1 Å². The summed E-state index contributed by atoms with van der Waals surface area (Å²) in [5.41, 5.74) is 0.886. The molecule has 8 heteroatoms. The van der Waals surface area contributed by atoms with Gasteiger partial charge in [-0.05, 0) is 48.4 Å². The van der Waals surface area contributed by atoms with Crippen molar-refractivity contribution in [2.45, 2.75) is 12.5 Å². The summed E-state index contributed by atoms with van der Waals surface area (Å²) in [5.74, 6) is -1.67. The minimum absolute atomic E-state index is 0.0196. The Hall–Kier alpha value is -3.49. The predicted octanol–water partition coefficient (Wildman–Crippen LogP) is 3.53. The Morgan fingerprint density at radius 2 is 1.89 bits per heavy atom. The summed E-state index contributed by atoms with van der Waals surface area (Å²) in [7, 11) is 0. The minimum atomic E-state index is -0.794. The molecule has 0 bridgehead atoms. The highest BCUT2D eigenvalue weighted by molar-refractivity contribution is 6.46. The predicted molar refractivity (Wildman–Crippen MR) is 129 cm³/mol. The van der Waals surface area contributed by atoms with Gasteiger partial charge in [0.25, 0.3) is 11.7 Å². The Morgan fingerprint density at radius 3 is 2.60 bits per heavy atom. The Bertz CT molecular complexity index is 1110. The third-order valence-corrected chi connectivity index (χ3v) is 6.18. The second-order valence-electron chi connectivity index (χ2n) is 8.48. The van der Waals surface area contributed by atoms with Gasteiger partial charge in [-0.1, -0.05) is 24.8 Å². The number of carbonyl (C=O) groups is 2. The molecule has 0 saturated carbocycles. The summed E-state index contributed by atoms with van der Waals surface area (Å²) < 4.78 is 24.5. The number of likely N-dealkylation sites (tertiary alicyclic amines) is 1. The number of Topliss-reactive ketones (excluding diaryl/α,β-unsaturated/α-hetero) is 1. The summed E-state index contributed by atoms with van der Waals surface area (Å²) in [6, 6.07) is 11.5. The van der Waals surface area contributed by atoms with Crippen LogP contribution in [0.25, 0.3) is 5.76 Å². The highest BCUT2D eigenvalue weighted by atomic mass is 19.1. The van der Waals surface area contributed by atoms with Gasteiger partial charge in [0.1, 0.15) is 23.9 Å². The molecule has 2 aromatic rings. The van der Waals surface area contributed by atoms with Crippen LogP contribution in [0.15, 0.2) is 66.8 Å². The molecule has 2 saturated heterocycles. The van der Waals surface area contributed by atoms with Crippen molar-refractivity contribution in [3.63, 3.8) is 0 Å². The van der Waals surface area contributed by atoms with Crippen LogP contribution >= 0.6 is 0 Å². The van der Waals surface area contributed by atoms with Gasteiger partial charge in [-0.15, -0.1) is 0 Å². The number of aliphatic hydroxyl groups excluding tert-OH is 1. The third-order valence-electron chi connectivity index (χ3n) is 6.18. The standard InChI is InChI=1S/C27H29FN2O5/c1-2-15-35-22-6-3-5-20(18-22)24-23(25(31)19-7-9-21(28)10-8-19)26(32)27(33)30(24)12-4-11-29-13-16-34-17-14-29/h2-3,5-10,18,24,31H,1,4,11-17H2. The summed E-state index contributed by atoms with van der Waals surface area (Å²) in [4.78, 5) is 30.0. The summed E-state index contributed by atoms with van der Waals surface area (Å²) in [6.07, 6.45) is 2.28. The smallest absolute Gasteiger partial charge is 0.295 e. The van der Waals surface area contributed by atoms with Crippen LogP contribution in [0.1, 0.15) is 23.6 Å². The van der Waals surface area contributed by atoms with E-state index in [1.165, 1.54) is 29.2 Å². The number of carbonyl (C=O) groups excluding carboxylic acids is 2. The van der Waals surface area contributed by atoms with Crippen molar-refractivity contribution in [2.75, 3.05) is 46.0 Å². The molecule has 1 atom stereocenters. The van der Waals surface area contributed by atoms with Gasteiger partial charge in [-0.3, -0.25) is 14.5 Å². The first-order valence-electron chi connectivity index (χ1n) is 11.7. The number of rotatable bonds is 9. The molecule has 1 amide bonds. The first kappa shape index (κ1) is 24.6. The van der Waals surface area contributed by atoms with Crippen molar-refractivity contribution in [1.29, 1.82) is 0 Å². The molecule has 1 unspecified atom stereocenters. The topological polar surface area (TPSA) is 79.3 Å². The fourth-order valence-corrected chi connectivity index (χ4v) is 4.44. The molecule has 4 rings (SSSR count). The molecule has 2 heterocycles. The van der Waals surface area contributed by atoms with Gasteiger partial charge in [0.05, 0.1) is 24.8 Å². The number of aliphatic hydroxyl groups is 1. The zero-order chi connectivity index (χ0) is 24.8. The molecule has 0 aromatic heterocycles. The molecule has 1 N–H and O–H groups in total. The van der Waals surface area contributed by atoms with Crippen molar-refractivity contribution in [3.05, 3.63) is 83.7 Å². The van der Waals surface area contributed by atoms with Crippen LogP contribution in [-0.2, 0) is 14.3 Å². The van der Waals surface area contributed by atoms with Gasteiger partial charge in [0.15, 0.2) is 0 Å². The van der Waals surface area contributed by atoms with E-state index in [1.807, 2.05) is 0 Å². The van der Waals surface area contributed by atoms with E-state index in [1.54, 1.807) is 30.3 Å². The number of morpholine rings is 1. The number of halogens is 1. The Kier molecular flexibility index (Phi) is 7.94. The van der Waals surface area contributed by atoms with Crippen LogP contribution in [0.5, 0.6) is 5.75 Å². The SMILES string of the molecule is C=CCOc1cccc(C2C(=C(O)c3ccc(F)cc3)C(=O)C(=O)N2CCCN2CCOCC2)c1. The van der Waals surface area contributed by atoms with Crippen LogP contribution in [0, 0.1) is 5.82 Å². The fraction of sp³-hybridized carbons (Fsp3) is 0.333. The number of amides is 1. The Balaban J connectivity index is 1.68. The van der Waals surface area contributed by atoms with Gasteiger partial charge in [-0.2, -0.15) is 0 Å². The lowest BCUT2D eigenvalue weighted by molar-refractivity contribution is -0.140. The molecule has 2 fully saturated rings. The number of hydrogen-bond acceptors (Lipinski definition) is 6. The lowest BCUT2D eigenvalue weighted by Crippen LogP contribution is -2.38. The van der Waals surface area contributed by atoms with Gasteiger partial charge in [0, 0.05) is 31.7 Å². The number of ketones is 1. The highest BCUT2D eigenvalue weighted by Gasteiger charge is 2.46. The Morgan fingerprint density at radius 1 is 1.14 bits per heavy atom. The second kappa shape index (κ2) is 11.3. The number of hydrogen-bond donors (Lipinski definition) is 1. The van der Waals surface area contributed by atoms with E-state index < -0.39 is 23.5 Å². The van der Waals surface area contributed by atoms with Crippen LogP contribution in [0.2, 0.25) is 0 Å². The average molecular weight is 481 g/mol. The zero-order valence-electron chi connectivity index (χ0n) is 19.5. The number of nitrogens with zero attached hydrogens (tertiary/aromatic N) is 2. The van der Waals surface area contributed by atoms with Crippen LogP contribution in [0.3, 0.4) is 0 Å². The first-order valence-corrected chi connectivity index (χ1v) is 11.7. The Labute approximate surface area is 204 Å². The van der Waals surface area contributed by atoms with E-state index in [4.69, 9.17) is 9.47 Å². The molecule has 2 aliphatic rings. The molecule has 0 spiro atoms. The minimum Gasteiger partial charge on any atom is -0.507 e. The van der Waals surface area contributed by atoms with Crippen molar-refractivity contribution in [3.8, 4) is 5.75 Å². The van der Waals surface area contributed by atoms with Crippen LogP contribution in [0.4, 0.5) is 4.39 Å². The molecule has 184 valence electrons. The number of ether oxygens (including phenoxy) is 2. The second-order valence-corrected chi connectivity index (χ2v) is 8.48. The maximum atomic E-state index is 13.4. The van der Waals surface area contributed by atoms with Crippen molar-refractivity contribution in [1.82, 2.24) is 9.80 Å². The van der Waals surface area contributed by atoms with Crippen LogP contribution < -0.4 is 4.74 Å². The van der Waals surface area contributed by atoms with E-state index in [2.05, 4.69) is 11.5 Å². The van der Waals surface area contributed by atoms with Gasteiger partial charge in [0.2, 0.25) is 0 Å². The molecule has 7 nitrogen and oxygen atoms in total. The molecule has 2 aromatic carbocycles. The first-order chi connectivity index (χ1) is 17.0. The van der Waals surface area contributed by atoms with Gasteiger partial charge >= 0.3 is 0 Å². The molecule has 2 aliphatic heterocycles. The van der Waals surface area contributed by atoms with Crippen LogP contribution in [-0.4, -0.2) is 72.6 Å². The maximum absolute atomic E-state index is 13.4. The summed E-state index contributed by atoms with van der Waals surface area (Å²) >= 11 is 0. The lowest BCUT2D eigenvalue weighted by Gasteiger charge is -2.29. The molecular formula is C27H29FN2O5. The van der Waals surface area contributed by atoms with E-state index in [0.717, 1.165) is 19.6 Å². The third kappa shape index (κ3) is 5.61. The largest absolute Gasteiger partial charge is 0.507 e. The molecule has 0 aliphatic carbocycles. The summed E-state index contributed by atoms with van der Waals surface area (Å²) in [5, 5.41) is 11.1. The van der Waals surface area contributed by atoms with E-state index in [-0.39, 0.29) is 16.9 Å². The summed E-state index contributed by atoms with van der Waals surface area (Å²) in [6.45, 7) is 8.08. The van der Waals surface area contributed by atoms with Crippen molar-refractivity contribution in [2.24, 2.45) is 0 Å². The quantitative estimate of drug-likeness (QED) is 0.256. The van der Waals surface area contributed by atoms with E-state index >= 15 is 0 Å². The number of benzene rings is 2. The molecule has 35 heavy (non-hydrogen) atoms. The maximum Gasteiger partial charge on any atom is 0.295 e. The normalized spacial score (nSPS) is 20.3.